The first-order valence-corrected chi connectivity index (χ1v) is 8.28. The number of hydrogen-bond donors (Lipinski definition) is 0. The van der Waals surface area contributed by atoms with Crippen LogP contribution < -0.4 is 0 Å². The lowest BCUT2D eigenvalue weighted by molar-refractivity contribution is -0.145. The van der Waals surface area contributed by atoms with Crippen molar-refractivity contribution in [3.8, 4) is 6.07 Å². The average molecular weight is 354 g/mol. The van der Waals surface area contributed by atoms with E-state index in [2.05, 4.69) is 16.0 Å². The molecule has 3 rings (SSSR count). The van der Waals surface area contributed by atoms with Crippen LogP contribution in [0.25, 0.3) is 0 Å². The Morgan fingerprint density at radius 3 is 2.76 bits per heavy atom. The highest BCUT2D eigenvalue weighted by Crippen LogP contribution is 2.45. The summed E-state index contributed by atoms with van der Waals surface area (Å²) in [7, 11) is 0. The van der Waals surface area contributed by atoms with E-state index in [0.29, 0.717) is 5.02 Å². The molecule has 0 aliphatic carbocycles. The molecular formula is C19H16ClN3O2. The highest BCUT2D eigenvalue weighted by Gasteiger charge is 2.52. The molecule has 3 atom stereocenters. The minimum atomic E-state index is -1.09. The number of nitriles is 1. The first-order chi connectivity index (χ1) is 12.1. The molecule has 1 aliphatic heterocycles. The van der Waals surface area contributed by atoms with E-state index in [1.54, 1.807) is 55.9 Å². The molecule has 0 radical (unpaired) electrons. The predicted octanol–water partition coefficient (Wildman–Crippen LogP) is 3.30. The van der Waals surface area contributed by atoms with Crippen molar-refractivity contribution in [2.45, 2.75) is 24.3 Å². The van der Waals surface area contributed by atoms with Gasteiger partial charge < -0.3 is 4.74 Å². The number of nitrogens with zero attached hydrogens (tertiary/aromatic N) is 3. The number of benzene rings is 1. The van der Waals surface area contributed by atoms with Gasteiger partial charge in [0.25, 0.3) is 0 Å². The van der Waals surface area contributed by atoms with Crippen molar-refractivity contribution in [1.29, 1.82) is 5.26 Å². The lowest BCUT2D eigenvalue weighted by atomic mass is 9.68. The number of ether oxygens (including phenoxy) is 1. The molecule has 1 aliphatic rings. The van der Waals surface area contributed by atoms with E-state index < -0.39 is 23.3 Å². The second kappa shape index (κ2) is 7.04. The molecule has 126 valence electrons. The zero-order chi connectivity index (χ0) is 17.9. The van der Waals surface area contributed by atoms with Gasteiger partial charge in [-0.05, 0) is 42.3 Å². The summed E-state index contributed by atoms with van der Waals surface area (Å²) in [6.45, 7) is 1.99. The van der Waals surface area contributed by atoms with Crippen molar-refractivity contribution in [3.63, 3.8) is 0 Å². The normalized spacial score (nSPS) is 24.7. The summed E-state index contributed by atoms with van der Waals surface area (Å²) in [5.41, 5.74) is 0.400. The van der Waals surface area contributed by atoms with E-state index in [1.807, 2.05) is 6.07 Å². The van der Waals surface area contributed by atoms with Gasteiger partial charge in [0.05, 0.1) is 12.7 Å². The number of carbonyl (C=O) groups is 1. The maximum Gasteiger partial charge on any atom is 0.331 e. The van der Waals surface area contributed by atoms with E-state index in [0.717, 1.165) is 11.1 Å². The first-order valence-electron chi connectivity index (χ1n) is 7.90. The minimum Gasteiger partial charge on any atom is -0.464 e. The zero-order valence-corrected chi connectivity index (χ0v) is 14.3. The quantitative estimate of drug-likeness (QED) is 0.790. The van der Waals surface area contributed by atoms with Crippen LogP contribution in [0.5, 0.6) is 0 Å². The lowest BCUT2D eigenvalue weighted by Crippen LogP contribution is -2.38. The van der Waals surface area contributed by atoms with Crippen molar-refractivity contribution in [1.82, 2.24) is 4.98 Å². The highest BCUT2D eigenvalue weighted by molar-refractivity contribution is 6.30. The maximum absolute atomic E-state index is 12.5. The molecule has 0 bridgehead atoms. The Kier molecular flexibility index (Phi) is 4.82. The van der Waals surface area contributed by atoms with E-state index >= 15 is 0 Å². The number of hydrogen-bond acceptors (Lipinski definition) is 5. The Labute approximate surface area is 150 Å². The summed E-state index contributed by atoms with van der Waals surface area (Å²) >= 11 is 6.14. The van der Waals surface area contributed by atoms with E-state index in [4.69, 9.17) is 16.3 Å². The molecule has 0 unspecified atom stereocenters. The second-order valence-electron chi connectivity index (χ2n) is 5.72. The van der Waals surface area contributed by atoms with Gasteiger partial charge >= 0.3 is 5.97 Å². The Morgan fingerprint density at radius 2 is 2.12 bits per heavy atom. The van der Waals surface area contributed by atoms with Crippen LogP contribution in [0.3, 0.4) is 0 Å². The zero-order valence-electron chi connectivity index (χ0n) is 13.6. The number of esters is 1. The van der Waals surface area contributed by atoms with Crippen molar-refractivity contribution in [3.05, 3.63) is 64.9 Å². The second-order valence-corrected chi connectivity index (χ2v) is 6.16. The Balaban J connectivity index is 2.16. The summed E-state index contributed by atoms with van der Waals surface area (Å²) in [5, 5.41) is 10.6. The van der Waals surface area contributed by atoms with Crippen LogP contribution in [0.1, 0.15) is 24.0 Å². The summed E-state index contributed by atoms with van der Waals surface area (Å²) in [6.07, 6.45) is 4.79. The molecule has 2 aromatic rings. The Hall–Kier alpha value is -2.71. The number of pyridine rings is 1. The van der Waals surface area contributed by atoms with Crippen LogP contribution in [0.4, 0.5) is 0 Å². The van der Waals surface area contributed by atoms with Gasteiger partial charge in [-0.2, -0.15) is 5.26 Å². The highest BCUT2D eigenvalue weighted by atomic mass is 35.5. The molecule has 0 fully saturated rings. The van der Waals surface area contributed by atoms with Crippen LogP contribution in [0, 0.1) is 11.3 Å². The molecule has 0 saturated heterocycles. The van der Waals surface area contributed by atoms with Crippen molar-refractivity contribution in [2.24, 2.45) is 4.99 Å². The van der Waals surface area contributed by atoms with Gasteiger partial charge in [0, 0.05) is 29.5 Å². The van der Waals surface area contributed by atoms with Gasteiger partial charge in [0.15, 0.2) is 6.04 Å². The van der Waals surface area contributed by atoms with Gasteiger partial charge in [0.1, 0.15) is 5.41 Å². The van der Waals surface area contributed by atoms with Gasteiger partial charge in [-0.15, -0.1) is 0 Å². The number of aromatic nitrogens is 1. The monoisotopic (exact) mass is 353 g/mol. The van der Waals surface area contributed by atoms with Crippen LogP contribution in [0.2, 0.25) is 5.02 Å². The summed E-state index contributed by atoms with van der Waals surface area (Å²) in [5.74, 6) is -0.979. The molecule has 0 N–H and O–H groups in total. The Bertz CT molecular complexity index is 847. The van der Waals surface area contributed by atoms with Crippen molar-refractivity contribution >= 4 is 23.8 Å². The molecular weight excluding hydrogens is 338 g/mol. The number of carbonyl (C=O) groups excluding carboxylic acids is 1. The van der Waals surface area contributed by atoms with Gasteiger partial charge in [-0.3, -0.25) is 9.98 Å². The largest absolute Gasteiger partial charge is 0.464 e. The van der Waals surface area contributed by atoms with Gasteiger partial charge in [-0.25, -0.2) is 4.79 Å². The van der Waals surface area contributed by atoms with E-state index in [9.17, 15) is 10.1 Å². The molecule has 6 heteroatoms. The fourth-order valence-corrected chi connectivity index (χ4v) is 3.43. The summed E-state index contributed by atoms with van der Waals surface area (Å²) < 4.78 is 5.17. The molecule has 0 amide bonds. The van der Waals surface area contributed by atoms with E-state index in [-0.39, 0.29) is 6.61 Å². The lowest BCUT2D eigenvalue weighted by Gasteiger charge is -2.30. The summed E-state index contributed by atoms with van der Waals surface area (Å²) in [6, 6.07) is 12.3. The average Bonchev–Trinajstić information content (AvgIpc) is 3.03. The molecule has 2 heterocycles. The smallest absolute Gasteiger partial charge is 0.331 e. The standard InChI is InChI=1S/C19H16ClN3O2/c1-2-25-18(24)17-16(13-4-3-5-15(20)10-13)19(11-21,12-23-17)14-6-8-22-9-7-14/h3-10,12,16-17H,2H2,1H3/t16-,17+,19+/m0/s1. The van der Waals surface area contributed by atoms with Crippen molar-refractivity contribution < 1.29 is 9.53 Å². The summed E-state index contributed by atoms with van der Waals surface area (Å²) in [4.78, 5) is 20.8. The van der Waals surface area contributed by atoms with Crippen LogP contribution in [0.15, 0.2) is 53.8 Å². The molecule has 0 spiro atoms. The molecule has 5 nitrogen and oxygen atoms in total. The Morgan fingerprint density at radius 1 is 1.36 bits per heavy atom. The molecule has 1 aromatic carbocycles. The molecule has 0 saturated carbocycles. The van der Waals surface area contributed by atoms with E-state index in [1.165, 1.54) is 0 Å². The third kappa shape index (κ3) is 3.01. The predicted molar refractivity (Wildman–Crippen MR) is 94.6 cm³/mol. The minimum absolute atomic E-state index is 0.252. The third-order valence-corrected chi connectivity index (χ3v) is 4.56. The fourth-order valence-electron chi connectivity index (χ4n) is 3.23. The van der Waals surface area contributed by atoms with Gasteiger partial charge in [-0.1, -0.05) is 23.7 Å². The number of aliphatic imine (C=N–C) groups is 1. The molecule has 1 aromatic heterocycles. The van der Waals surface area contributed by atoms with Crippen LogP contribution in [-0.2, 0) is 14.9 Å². The van der Waals surface area contributed by atoms with Gasteiger partial charge in [0.2, 0.25) is 0 Å². The number of halogens is 1. The fraction of sp³-hybridized carbons (Fsp3) is 0.263. The SMILES string of the molecule is CCOC(=O)[C@@H]1N=C[C@](C#N)(c2ccncc2)[C@H]1c1cccc(Cl)c1. The van der Waals surface area contributed by atoms with Crippen LogP contribution >= 0.6 is 11.6 Å². The first kappa shape index (κ1) is 17.1. The topological polar surface area (TPSA) is 75.3 Å². The molecule has 25 heavy (non-hydrogen) atoms. The van der Waals surface area contributed by atoms with Crippen LogP contribution in [-0.4, -0.2) is 29.8 Å². The maximum atomic E-state index is 12.5. The van der Waals surface area contributed by atoms with Crippen molar-refractivity contribution in [2.75, 3.05) is 6.61 Å². The third-order valence-electron chi connectivity index (χ3n) is 4.32. The number of rotatable bonds is 4.